The number of carboxylic acids is 1. The Morgan fingerprint density at radius 1 is 0.918 bits per heavy atom. The van der Waals surface area contributed by atoms with Gasteiger partial charge in [-0.3, -0.25) is 4.79 Å². The Labute approximate surface area is 279 Å². The third-order valence-electron chi connectivity index (χ3n) is 7.65. The van der Waals surface area contributed by atoms with Crippen LogP contribution in [0.25, 0.3) is 11.1 Å². The fourth-order valence-electron chi connectivity index (χ4n) is 5.17. The van der Waals surface area contributed by atoms with Crippen LogP contribution in [0.5, 0.6) is 11.5 Å². The number of alkyl halides is 6. The van der Waals surface area contributed by atoms with Gasteiger partial charge in [-0.15, -0.1) is 0 Å². The van der Waals surface area contributed by atoms with Crippen molar-refractivity contribution in [3.8, 4) is 28.7 Å². The number of ether oxygens (including phenoxy) is 2. The van der Waals surface area contributed by atoms with Gasteiger partial charge < -0.3 is 19.5 Å². The number of pyridine rings is 1. The number of nitrogens with zero attached hydrogens (tertiary/aromatic N) is 3. The number of benzene rings is 3. The summed E-state index contributed by atoms with van der Waals surface area (Å²) in [6, 6.07) is 16.4. The van der Waals surface area contributed by atoms with Gasteiger partial charge in [-0.1, -0.05) is 26.0 Å². The topological polar surface area (TPSA) is 95.7 Å². The zero-order valence-corrected chi connectivity index (χ0v) is 26.8. The van der Waals surface area contributed by atoms with E-state index in [1.54, 1.807) is 12.1 Å². The van der Waals surface area contributed by atoms with Crippen molar-refractivity contribution in [2.24, 2.45) is 0 Å². The smallest absolute Gasteiger partial charge is 0.416 e. The van der Waals surface area contributed by atoms with Gasteiger partial charge in [-0.2, -0.15) is 31.6 Å². The minimum absolute atomic E-state index is 0.0788. The minimum Gasteiger partial charge on any atom is -0.496 e. The van der Waals surface area contributed by atoms with Gasteiger partial charge in [0.05, 0.1) is 42.7 Å². The molecule has 1 aromatic heterocycles. The molecule has 4 aromatic rings. The standard InChI is InChI=1S/C36H33F6N3O4/c1-22(2)25-6-10-32(48-3)31(17-25)30-9-7-27(35(37,38)39)16-26(30)21-45(20-24-13-23(18-43)14-28(15-24)36(40,41)42)33-11-8-29(19-44-33)49-12-4-5-34(46)47/h6-11,13-17,19,22H,4-5,12,20-21H2,1-3H3,(H,46,47). The number of anilines is 1. The molecule has 0 saturated carbocycles. The van der Waals surface area contributed by atoms with E-state index in [0.717, 1.165) is 29.8 Å². The maximum atomic E-state index is 14.0. The summed E-state index contributed by atoms with van der Waals surface area (Å²) < 4.78 is 94.6. The molecule has 4 rings (SSSR count). The van der Waals surface area contributed by atoms with Crippen molar-refractivity contribution in [2.45, 2.75) is 58.0 Å². The lowest BCUT2D eigenvalue weighted by Gasteiger charge is -2.27. The van der Waals surface area contributed by atoms with Crippen LogP contribution in [-0.2, 0) is 30.2 Å². The zero-order valence-electron chi connectivity index (χ0n) is 26.8. The number of nitriles is 1. The molecule has 0 fully saturated rings. The zero-order chi connectivity index (χ0) is 35.9. The first-order chi connectivity index (χ1) is 23.1. The first kappa shape index (κ1) is 36.6. The van der Waals surface area contributed by atoms with Crippen LogP contribution in [0.2, 0.25) is 0 Å². The molecule has 0 bridgehead atoms. The van der Waals surface area contributed by atoms with E-state index in [2.05, 4.69) is 4.98 Å². The average Bonchev–Trinajstić information content (AvgIpc) is 3.05. The Morgan fingerprint density at radius 2 is 1.65 bits per heavy atom. The Morgan fingerprint density at radius 3 is 2.24 bits per heavy atom. The van der Waals surface area contributed by atoms with Crippen LogP contribution in [0.4, 0.5) is 32.2 Å². The SMILES string of the molecule is COc1ccc(C(C)C)cc1-c1ccc(C(F)(F)F)cc1CN(Cc1cc(C#N)cc(C(F)(F)F)c1)c1ccc(OCCCC(=O)O)cn1. The Hall–Kier alpha value is -5.25. The molecule has 1 heterocycles. The first-order valence-corrected chi connectivity index (χ1v) is 15.1. The Kier molecular flexibility index (Phi) is 11.4. The molecule has 0 aliphatic heterocycles. The highest BCUT2D eigenvalue weighted by Gasteiger charge is 2.33. The molecule has 0 aliphatic rings. The van der Waals surface area contributed by atoms with Crippen LogP contribution in [-0.4, -0.2) is 29.8 Å². The van der Waals surface area contributed by atoms with Crippen LogP contribution >= 0.6 is 0 Å². The van der Waals surface area contributed by atoms with E-state index >= 15 is 0 Å². The predicted molar refractivity (Wildman–Crippen MR) is 170 cm³/mol. The van der Waals surface area contributed by atoms with E-state index in [1.807, 2.05) is 26.0 Å². The largest absolute Gasteiger partial charge is 0.496 e. The van der Waals surface area contributed by atoms with Gasteiger partial charge in [0.1, 0.15) is 17.3 Å². The molecule has 3 aromatic carbocycles. The van der Waals surface area contributed by atoms with Gasteiger partial charge in [0, 0.05) is 25.1 Å². The van der Waals surface area contributed by atoms with Crippen molar-refractivity contribution in [1.29, 1.82) is 5.26 Å². The molecule has 0 saturated heterocycles. The maximum absolute atomic E-state index is 14.0. The van der Waals surface area contributed by atoms with Gasteiger partial charge in [0.15, 0.2) is 0 Å². The molecular weight excluding hydrogens is 652 g/mol. The van der Waals surface area contributed by atoms with Crippen molar-refractivity contribution in [1.82, 2.24) is 4.98 Å². The molecule has 0 aliphatic carbocycles. The number of aliphatic carboxylic acids is 1. The van der Waals surface area contributed by atoms with Crippen LogP contribution in [0.3, 0.4) is 0 Å². The lowest BCUT2D eigenvalue weighted by atomic mass is 9.92. The molecule has 0 radical (unpaired) electrons. The second kappa shape index (κ2) is 15.3. The van der Waals surface area contributed by atoms with Gasteiger partial charge in [0.2, 0.25) is 0 Å². The van der Waals surface area contributed by atoms with E-state index in [1.165, 1.54) is 42.5 Å². The number of rotatable bonds is 13. The second-order valence-corrected chi connectivity index (χ2v) is 11.6. The van der Waals surface area contributed by atoms with Gasteiger partial charge in [-0.25, -0.2) is 4.98 Å². The average molecular weight is 686 g/mol. The summed E-state index contributed by atoms with van der Waals surface area (Å²) in [4.78, 5) is 16.7. The fourth-order valence-corrected chi connectivity index (χ4v) is 5.17. The van der Waals surface area contributed by atoms with Crippen LogP contribution in [0.1, 0.15) is 66.0 Å². The van der Waals surface area contributed by atoms with Crippen molar-refractivity contribution in [2.75, 3.05) is 18.6 Å². The third-order valence-corrected chi connectivity index (χ3v) is 7.65. The third kappa shape index (κ3) is 9.65. The van der Waals surface area contributed by atoms with E-state index in [-0.39, 0.29) is 66.7 Å². The van der Waals surface area contributed by atoms with E-state index < -0.39 is 29.4 Å². The fraction of sp³-hybridized carbons (Fsp3) is 0.306. The summed E-state index contributed by atoms with van der Waals surface area (Å²) in [6.45, 7) is 3.53. The van der Waals surface area contributed by atoms with E-state index in [9.17, 15) is 36.4 Å². The van der Waals surface area contributed by atoms with Gasteiger partial charge in [-0.05, 0) is 89.2 Å². The lowest BCUT2D eigenvalue weighted by molar-refractivity contribution is -0.138. The highest BCUT2D eigenvalue weighted by Crippen LogP contribution is 2.39. The molecule has 0 atom stereocenters. The second-order valence-electron chi connectivity index (χ2n) is 11.6. The van der Waals surface area contributed by atoms with Gasteiger partial charge in [0.25, 0.3) is 0 Å². The molecule has 0 unspecified atom stereocenters. The highest BCUT2D eigenvalue weighted by atomic mass is 19.4. The van der Waals surface area contributed by atoms with Gasteiger partial charge >= 0.3 is 18.3 Å². The van der Waals surface area contributed by atoms with E-state index in [0.29, 0.717) is 16.9 Å². The summed E-state index contributed by atoms with van der Waals surface area (Å²) in [5.74, 6) is -0.00117. The Balaban J connectivity index is 1.84. The van der Waals surface area contributed by atoms with Crippen molar-refractivity contribution >= 4 is 11.8 Å². The summed E-state index contributed by atoms with van der Waals surface area (Å²) in [6.07, 6.45) is -7.98. The predicted octanol–water partition coefficient (Wildman–Crippen LogP) is 9.24. The van der Waals surface area contributed by atoms with Crippen LogP contribution in [0, 0.1) is 11.3 Å². The van der Waals surface area contributed by atoms with Crippen LogP contribution in [0.15, 0.2) is 72.9 Å². The molecular formula is C36H33F6N3O4. The number of halogens is 6. The molecule has 1 N–H and O–H groups in total. The normalized spacial score (nSPS) is 11.7. The van der Waals surface area contributed by atoms with E-state index in [4.69, 9.17) is 14.6 Å². The number of hydrogen-bond acceptors (Lipinski definition) is 6. The number of hydrogen-bond donors (Lipinski definition) is 1. The number of carboxylic acid groups (broad SMARTS) is 1. The van der Waals surface area contributed by atoms with Crippen molar-refractivity contribution in [3.63, 3.8) is 0 Å². The molecule has 49 heavy (non-hydrogen) atoms. The highest BCUT2D eigenvalue weighted by molar-refractivity contribution is 5.75. The monoisotopic (exact) mass is 685 g/mol. The minimum atomic E-state index is -4.75. The summed E-state index contributed by atoms with van der Waals surface area (Å²) in [7, 11) is 1.44. The molecule has 258 valence electrons. The van der Waals surface area contributed by atoms with Crippen molar-refractivity contribution in [3.05, 3.63) is 106 Å². The Bertz CT molecular complexity index is 1820. The quantitative estimate of drug-likeness (QED) is 0.111. The molecule has 0 spiro atoms. The molecule has 7 nitrogen and oxygen atoms in total. The summed E-state index contributed by atoms with van der Waals surface area (Å²) in [5, 5.41) is 18.3. The summed E-state index contributed by atoms with van der Waals surface area (Å²) >= 11 is 0. The maximum Gasteiger partial charge on any atom is 0.416 e. The first-order valence-electron chi connectivity index (χ1n) is 15.1. The van der Waals surface area contributed by atoms with Crippen LogP contribution < -0.4 is 14.4 Å². The number of aromatic nitrogens is 1. The number of carbonyl (C=O) groups is 1. The molecule has 13 heteroatoms. The van der Waals surface area contributed by atoms with Crippen molar-refractivity contribution < 1.29 is 45.7 Å². The summed E-state index contributed by atoms with van der Waals surface area (Å²) in [5.41, 5.74) is -0.0836. The molecule has 0 amide bonds. The number of methoxy groups -OCH3 is 1. The lowest BCUT2D eigenvalue weighted by Crippen LogP contribution is -2.24.